The number of benzene rings is 1. The smallest absolute Gasteiger partial charge is 0.299 e. The molecule has 0 fully saturated rings. The topological polar surface area (TPSA) is 55.2 Å². The number of anilines is 1. The standard InChI is InChI=1S/C13H9F2N3O2/c14-8-5-9(15)11-10(6-8)18(13(20)12(11)19)4-3-17-2-1-16-7-17/h1-2,5-7H,3-4H2. The fraction of sp³-hybridized carbons (Fsp3) is 0.154. The number of ketones is 1. The van der Waals surface area contributed by atoms with Crippen molar-refractivity contribution >= 4 is 17.4 Å². The second-order valence-electron chi connectivity index (χ2n) is 4.37. The molecule has 1 aromatic heterocycles. The summed E-state index contributed by atoms with van der Waals surface area (Å²) < 4.78 is 28.6. The van der Waals surface area contributed by atoms with Crippen LogP contribution in [0.2, 0.25) is 0 Å². The normalized spacial score (nSPS) is 14.0. The van der Waals surface area contributed by atoms with E-state index in [0.717, 1.165) is 11.0 Å². The van der Waals surface area contributed by atoms with Crippen LogP contribution in [0.15, 0.2) is 30.9 Å². The molecule has 20 heavy (non-hydrogen) atoms. The third-order valence-corrected chi connectivity index (χ3v) is 3.13. The van der Waals surface area contributed by atoms with Gasteiger partial charge >= 0.3 is 0 Å². The molecule has 0 spiro atoms. The zero-order chi connectivity index (χ0) is 14.3. The van der Waals surface area contributed by atoms with Gasteiger partial charge in [0, 0.05) is 31.5 Å². The van der Waals surface area contributed by atoms with Crippen LogP contribution >= 0.6 is 0 Å². The molecule has 2 heterocycles. The van der Waals surface area contributed by atoms with Gasteiger partial charge in [0.05, 0.1) is 17.6 Å². The van der Waals surface area contributed by atoms with Crippen molar-refractivity contribution in [1.82, 2.24) is 9.55 Å². The van der Waals surface area contributed by atoms with E-state index in [1.54, 1.807) is 23.3 Å². The minimum absolute atomic E-state index is 0.0161. The molecule has 0 aliphatic carbocycles. The minimum atomic E-state index is -1.01. The lowest BCUT2D eigenvalue weighted by Crippen LogP contribution is -2.32. The number of amides is 1. The molecule has 0 saturated carbocycles. The summed E-state index contributed by atoms with van der Waals surface area (Å²) in [5.41, 5.74) is -0.375. The lowest BCUT2D eigenvalue weighted by Gasteiger charge is -2.16. The fourth-order valence-corrected chi connectivity index (χ4v) is 2.19. The molecule has 0 unspecified atom stereocenters. The van der Waals surface area contributed by atoms with Crippen molar-refractivity contribution < 1.29 is 18.4 Å². The average molecular weight is 277 g/mol. The Kier molecular flexibility index (Phi) is 2.81. The zero-order valence-electron chi connectivity index (χ0n) is 10.2. The number of halogens is 2. The van der Waals surface area contributed by atoms with Gasteiger partial charge < -0.3 is 9.47 Å². The van der Waals surface area contributed by atoms with Gasteiger partial charge in [0.2, 0.25) is 0 Å². The van der Waals surface area contributed by atoms with Gasteiger partial charge in [-0.2, -0.15) is 0 Å². The van der Waals surface area contributed by atoms with Crippen LogP contribution in [0.25, 0.3) is 0 Å². The van der Waals surface area contributed by atoms with Gasteiger partial charge in [0.1, 0.15) is 11.6 Å². The van der Waals surface area contributed by atoms with E-state index in [9.17, 15) is 18.4 Å². The van der Waals surface area contributed by atoms with E-state index in [1.165, 1.54) is 0 Å². The van der Waals surface area contributed by atoms with Crippen LogP contribution in [0.5, 0.6) is 0 Å². The van der Waals surface area contributed by atoms with Crippen molar-refractivity contribution in [3.05, 3.63) is 48.1 Å². The van der Waals surface area contributed by atoms with Crippen molar-refractivity contribution in [1.29, 1.82) is 0 Å². The largest absolute Gasteiger partial charge is 0.336 e. The Balaban J connectivity index is 1.93. The molecule has 0 bridgehead atoms. The highest BCUT2D eigenvalue weighted by Crippen LogP contribution is 2.31. The summed E-state index contributed by atoms with van der Waals surface area (Å²) in [6.45, 7) is 0.507. The van der Waals surface area contributed by atoms with Crippen molar-refractivity contribution in [2.45, 2.75) is 6.54 Å². The first-order valence-electron chi connectivity index (χ1n) is 5.89. The first kappa shape index (κ1) is 12.5. The molecule has 1 aliphatic rings. The number of rotatable bonds is 3. The van der Waals surface area contributed by atoms with Crippen LogP contribution in [0, 0.1) is 11.6 Å². The second kappa shape index (κ2) is 4.52. The first-order chi connectivity index (χ1) is 9.58. The predicted octanol–water partition coefficient (Wildman–Crippen LogP) is 1.39. The molecule has 2 aromatic rings. The van der Waals surface area contributed by atoms with Gasteiger partial charge in [-0.3, -0.25) is 9.59 Å². The Morgan fingerprint density at radius 1 is 1.15 bits per heavy atom. The molecule has 5 nitrogen and oxygen atoms in total. The SMILES string of the molecule is O=C1C(=O)N(CCn2ccnc2)c2cc(F)cc(F)c21. The Bertz CT molecular complexity index is 698. The Morgan fingerprint density at radius 3 is 2.65 bits per heavy atom. The van der Waals surface area contributed by atoms with E-state index < -0.39 is 23.3 Å². The second-order valence-corrected chi connectivity index (χ2v) is 4.37. The third kappa shape index (κ3) is 1.87. The van der Waals surface area contributed by atoms with Crippen molar-refractivity contribution in [2.75, 3.05) is 11.4 Å². The summed E-state index contributed by atoms with van der Waals surface area (Å²) in [5.74, 6) is -3.62. The van der Waals surface area contributed by atoms with E-state index in [1.807, 2.05) is 0 Å². The summed E-state index contributed by atoms with van der Waals surface area (Å²) in [6, 6.07) is 1.60. The number of fused-ring (bicyclic) bond motifs is 1. The van der Waals surface area contributed by atoms with E-state index >= 15 is 0 Å². The molecule has 0 atom stereocenters. The summed E-state index contributed by atoms with van der Waals surface area (Å²) in [7, 11) is 0. The maximum atomic E-state index is 13.6. The quantitative estimate of drug-likeness (QED) is 0.797. The molecule has 0 radical (unpaired) electrons. The molecule has 1 aliphatic heterocycles. The lowest BCUT2D eigenvalue weighted by molar-refractivity contribution is -0.114. The van der Waals surface area contributed by atoms with Crippen molar-refractivity contribution in [3.63, 3.8) is 0 Å². The molecule has 1 amide bonds. The Morgan fingerprint density at radius 2 is 1.95 bits per heavy atom. The molecule has 3 rings (SSSR count). The molecule has 0 N–H and O–H groups in total. The molecule has 0 saturated heterocycles. The zero-order valence-corrected chi connectivity index (χ0v) is 10.2. The summed E-state index contributed by atoms with van der Waals surface area (Å²) in [5, 5.41) is 0. The highest BCUT2D eigenvalue weighted by molar-refractivity contribution is 6.52. The predicted molar refractivity (Wildman–Crippen MR) is 65.3 cm³/mol. The van der Waals surface area contributed by atoms with Crippen molar-refractivity contribution in [2.24, 2.45) is 0 Å². The van der Waals surface area contributed by atoms with Crippen molar-refractivity contribution in [3.8, 4) is 0 Å². The van der Waals surface area contributed by atoms with E-state index in [4.69, 9.17) is 0 Å². The Hall–Kier alpha value is -2.57. The highest BCUT2D eigenvalue weighted by Gasteiger charge is 2.38. The molecular formula is C13H9F2N3O2. The number of imidazole rings is 1. The third-order valence-electron chi connectivity index (χ3n) is 3.13. The average Bonchev–Trinajstić information content (AvgIpc) is 2.97. The fourth-order valence-electron chi connectivity index (χ4n) is 2.19. The van der Waals surface area contributed by atoms with Gasteiger partial charge in [-0.1, -0.05) is 0 Å². The summed E-state index contributed by atoms with van der Waals surface area (Å²) in [6.07, 6.45) is 4.81. The number of carbonyl (C=O) groups is 2. The number of aromatic nitrogens is 2. The van der Waals surface area contributed by atoms with E-state index in [-0.39, 0.29) is 17.8 Å². The molecular weight excluding hydrogens is 268 g/mol. The van der Waals surface area contributed by atoms with Gasteiger partial charge in [-0.15, -0.1) is 0 Å². The van der Waals surface area contributed by atoms with Crippen LogP contribution in [-0.4, -0.2) is 27.8 Å². The number of hydrogen-bond donors (Lipinski definition) is 0. The first-order valence-corrected chi connectivity index (χ1v) is 5.89. The molecule has 7 heteroatoms. The van der Waals surface area contributed by atoms with Crippen LogP contribution in [0.4, 0.5) is 14.5 Å². The van der Waals surface area contributed by atoms with Crippen LogP contribution in [0.1, 0.15) is 10.4 Å². The van der Waals surface area contributed by atoms with Crippen LogP contribution < -0.4 is 4.90 Å². The van der Waals surface area contributed by atoms with Crippen LogP contribution in [0.3, 0.4) is 0 Å². The number of carbonyl (C=O) groups excluding carboxylic acids is 2. The lowest BCUT2D eigenvalue weighted by atomic mass is 10.1. The van der Waals surface area contributed by atoms with E-state index in [0.29, 0.717) is 12.6 Å². The summed E-state index contributed by atoms with van der Waals surface area (Å²) >= 11 is 0. The number of Topliss-reactive ketones (excluding diaryl/α,β-unsaturated/α-hetero) is 1. The maximum absolute atomic E-state index is 13.6. The minimum Gasteiger partial charge on any atom is -0.336 e. The summed E-state index contributed by atoms with van der Waals surface area (Å²) in [4.78, 5) is 28.5. The van der Waals surface area contributed by atoms with Gasteiger partial charge in [-0.25, -0.2) is 13.8 Å². The number of nitrogens with zero attached hydrogens (tertiary/aromatic N) is 3. The van der Waals surface area contributed by atoms with Gasteiger partial charge in [0.25, 0.3) is 11.7 Å². The molecule has 1 aromatic carbocycles. The monoisotopic (exact) mass is 277 g/mol. The van der Waals surface area contributed by atoms with E-state index in [2.05, 4.69) is 4.98 Å². The Labute approximate surface area is 112 Å². The van der Waals surface area contributed by atoms with Crippen LogP contribution in [-0.2, 0) is 11.3 Å². The maximum Gasteiger partial charge on any atom is 0.299 e. The number of hydrogen-bond acceptors (Lipinski definition) is 3. The van der Waals surface area contributed by atoms with Gasteiger partial charge in [-0.05, 0) is 6.07 Å². The molecule has 102 valence electrons. The highest BCUT2D eigenvalue weighted by atomic mass is 19.1. The van der Waals surface area contributed by atoms with Gasteiger partial charge in [0.15, 0.2) is 0 Å².